The van der Waals surface area contributed by atoms with E-state index in [9.17, 15) is 9.59 Å². The van der Waals surface area contributed by atoms with Gasteiger partial charge >= 0.3 is 19.7 Å². The minimum atomic E-state index is -1.10. The number of aromatic nitrogens is 3. The summed E-state index contributed by atoms with van der Waals surface area (Å²) in [5, 5.41) is 7.70. The molecule has 20 heavy (non-hydrogen) atoms. The summed E-state index contributed by atoms with van der Waals surface area (Å²) in [6, 6.07) is 9.23. The van der Waals surface area contributed by atoms with Crippen molar-refractivity contribution in [3.05, 3.63) is 52.7 Å². The number of carbonyl (C=O) groups is 1. The van der Waals surface area contributed by atoms with E-state index in [-0.39, 0.29) is 0 Å². The number of hydrogen-bond donors (Lipinski definition) is 0. The number of rotatable bonds is 4. The molecule has 0 amide bonds. The maximum absolute atomic E-state index is 11.9. The Morgan fingerprint density at radius 2 is 2.15 bits per heavy atom. The average Bonchev–Trinajstić information content (AvgIpc) is 2.85. The van der Waals surface area contributed by atoms with Gasteiger partial charge in [-0.15, -0.1) is 0 Å². The zero-order chi connectivity index (χ0) is 14.5. The monoisotopic (exact) mass is 334 g/mol. The summed E-state index contributed by atoms with van der Waals surface area (Å²) in [6.07, 6.45) is 2.68. The third-order valence-corrected chi connectivity index (χ3v) is 3.10. The zero-order valence-corrected chi connectivity index (χ0v) is 11.7. The molecule has 0 fully saturated rings. The van der Waals surface area contributed by atoms with Gasteiger partial charge in [-0.2, -0.15) is 19.6 Å². The quantitative estimate of drug-likeness (QED) is 0.462. The third kappa shape index (κ3) is 3.05. The van der Waals surface area contributed by atoms with Gasteiger partial charge in [-0.05, 0) is 5.56 Å². The van der Waals surface area contributed by atoms with E-state index in [0.717, 1.165) is 14.9 Å². The van der Waals surface area contributed by atoms with Crippen molar-refractivity contribution in [2.45, 2.75) is 4.95 Å². The van der Waals surface area contributed by atoms with Gasteiger partial charge in [-0.3, -0.25) is 4.79 Å². The van der Waals surface area contributed by atoms with E-state index >= 15 is 0 Å². The number of hydrogen-bond acceptors (Lipinski definition) is 5. The van der Waals surface area contributed by atoms with Crippen LogP contribution in [0.3, 0.4) is 0 Å². The first-order chi connectivity index (χ1) is 9.63. The van der Waals surface area contributed by atoms with Crippen LogP contribution in [0.25, 0.3) is 0 Å². The number of benzene rings is 1. The molecule has 0 aliphatic carbocycles. The molecule has 2 rings (SSSR count). The smallest absolute Gasteiger partial charge is 0.378 e. The lowest BCUT2D eigenvalue weighted by Gasteiger charge is -2.05. The predicted octanol–water partition coefficient (Wildman–Crippen LogP) is 0.447. The molecule has 0 saturated carbocycles. The summed E-state index contributed by atoms with van der Waals surface area (Å²) in [7, 11) is 4.74. The van der Waals surface area contributed by atoms with Crippen LogP contribution >= 0.6 is 15.9 Å². The lowest BCUT2D eigenvalue weighted by molar-refractivity contribution is -0.135. The summed E-state index contributed by atoms with van der Waals surface area (Å²) in [5.74, 6) is -0.843. The van der Waals surface area contributed by atoms with Gasteiger partial charge in [0.15, 0.2) is 0 Å². The fourth-order valence-electron chi connectivity index (χ4n) is 1.37. The van der Waals surface area contributed by atoms with Crippen molar-refractivity contribution in [1.82, 2.24) is 14.5 Å². The summed E-state index contributed by atoms with van der Waals surface area (Å²) in [6.45, 7) is 0. The lowest BCUT2D eigenvalue weighted by atomic mass is 10.2. The Kier molecular flexibility index (Phi) is 4.51. The minimum Gasteiger partial charge on any atom is -0.541 e. The molecule has 1 atom stereocenters. The maximum atomic E-state index is 11.9. The summed E-state index contributed by atoms with van der Waals surface area (Å²) in [5.41, 5.74) is 0.216. The van der Waals surface area contributed by atoms with E-state index in [4.69, 9.17) is 8.05 Å². The van der Waals surface area contributed by atoms with Crippen molar-refractivity contribution in [3.8, 4) is 0 Å². The highest BCUT2D eigenvalue weighted by atomic mass is 79.9. The molecule has 1 aromatic carbocycles. The van der Waals surface area contributed by atoms with E-state index in [2.05, 4.69) is 30.8 Å². The molecule has 9 heteroatoms. The summed E-state index contributed by atoms with van der Waals surface area (Å²) < 4.78 is 5.88. The maximum Gasteiger partial charge on any atom is 0.378 e. The molecule has 1 heterocycles. The van der Waals surface area contributed by atoms with Crippen LogP contribution in [-0.4, -0.2) is 34.7 Å². The van der Waals surface area contributed by atoms with Crippen LogP contribution in [0.2, 0.25) is 0 Å². The van der Waals surface area contributed by atoms with Crippen molar-refractivity contribution < 1.29 is 9.45 Å². The van der Waals surface area contributed by atoms with Gasteiger partial charge in [0.2, 0.25) is 4.95 Å². The highest BCUT2D eigenvalue weighted by molar-refractivity contribution is 9.09. The van der Waals surface area contributed by atoms with Crippen LogP contribution in [0.4, 0.5) is 0 Å². The van der Waals surface area contributed by atoms with E-state index in [0.29, 0.717) is 0 Å². The largest absolute Gasteiger partial charge is 0.541 e. The van der Waals surface area contributed by atoms with Crippen LogP contribution in [0.5, 0.6) is 0 Å². The van der Waals surface area contributed by atoms with Crippen molar-refractivity contribution in [1.29, 1.82) is 0 Å². The molecular weight excluding hydrogens is 327 g/mol. The van der Waals surface area contributed by atoms with E-state index in [1.165, 1.54) is 12.5 Å². The normalized spacial score (nSPS) is 12.4. The molecular formula is C11H8BBrN4O3. The number of carbonyl (C=O) groups excluding carboxylic acids is 1. The Hall–Kier alpha value is -2.16. The molecule has 7 nitrogen and oxygen atoms in total. The Labute approximate surface area is 123 Å². The van der Waals surface area contributed by atoms with Crippen molar-refractivity contribution in [2.24, 2.45) is 5.10 Å². The van der Waals surface area contributed by atoms with Crippen molar-refractivity contribution in [3.63, 3.8) is 0 Å². The molecule has 0 bridgehead atoms. The van der Waals surface area contributed by atoms with Crippen molar-refractivity contribution >= 4 is 36.2 Å². The molecule has 0 aliphatic heterocycles. The molecule has 0 aliphatic rings. The average molecular weight is 335 g/mol. The van der Waals surface area contributed by atoms with Gasteiger partial charge in [0.1, 0.15) is 6.33 Å². The Bertz CT molecular complexity index is 682. The van der Waals surface area contributed by atoms with Gasteiger partial charge in [0.25, 0.3) is 0 Å². The second-order valence-corrected chi connectivity index (χ2v) is 4.50. The fraction of sp³-hybridized carbons (Fsp3) is 0.0909. The van der Waals surface area contributed by atoms with Gasteiger partial charge < -0.3 is 4.65 Å². The highest BCUT2D eigenvalue weighted by Crippen LogP contribution is 2.12. The Morgan fingerprint density at radius 1 is 1.45 bits per heavy atom. The van der Waals surface area contributed by atoms with Crippen LogP contribution in [0.15, 0.2) is 46.6 Å². The molecule has 2 radical (unpaired) electrons. The Morgan fingerprint density at radius 3 is 2.80 bits per heavy atom. The Balaban J connectivity index is 2.24. The topological polar surface area (TPSA) is 78.5 Å². The predicted molar refractivity (Wildman–Crippen MR) is 75.7 cm³/mol. The molecule has 0 spiro atoms. The van der Waals surface area contributed by atoms with E-state index in [1.807, 2.05) is 30.3 Å². The standard InChI is InChI=1S/C11H8BBrN4O3/c12-20-10(18)9(13)17-11(19)16(7-15-17)14-6-8-4-2-1-3-5-8/h1-7,9H/b14-6+. The SMILES string of the molecule is [B]OC(=O)C(Br)n1ncn(/N=C/c2ccccc2)c1=O. The van der Waals surface area contributed by atoms with Crippen LogP contribution in [-0.2, 0) is 9.45 Å². The van der Waals surface area contributed by atoms with E-state index < -0.39 is 16.6 Å². The first kappa shape index (κ1) is 14.3. The molecule has 100 valence electrons. The van der Waals surface area contributed by atoms with E-state index in [1.54, 1.807) is 0 Å². The molecule has 1 unspecified atom stereocenters. The molecule has 1 aromatic heterocycles. The first-order valence-corrected chi connectivity index (χ1v) is 6.35. The zero-order valence-electron chi connectivity index (χ0n) is 10.1. The van der Waals surface area contributed by atoms with Crippen molar-refractivity contribution in [2.75, 3.05) is 0 Å². The molecule has 0 saturated heterocycles. The van der Waals surface area contributed by atoms with Crippen LogP contribution < -0.4 is 5.69 Å². The second kappa shape index (κ2) is 6.33. The molecule has 2 aromatic rings. The third-order valence-electron chi connectivity index (χ3n) is 2.33. The molecule has 0 N–H and O–H groups in total. The first-order valence-electron chi connectivity index (χ1n) is 5.43. The fourth-order valence-corrected chi connectivity index (χ4v) is 1.76. The van der Waals surface area contributed by atoms with Gasteiger partial charge in [0.05, 0.1) is 6.21 Å². The number of halogens is 1. The van der Waals surface area contributed by atoms with Gasteiger partial charge in [-0.25, -0.2) is 4.79 Å². The van der Waals surface area contributed by atoms with Gasteiger partial charge in [-0.1, -0.05) is 46.3 Å². The summed E-state index contributed by atoms with van der Waals surface area (Å²) >= 11 is 2.95. The second-order valence-electron chi connectivity index (χ2n) is 3.63. The highest BCUT2D eigenvalue weighted by Gasteiger charge is 2.21. The number of alkyl halides is 1. The number of nitrogens with zero attached hydrogens (tertiary/aromatic N) is 4. The van der Waals surface area contributed by atoms with Crippen LogP contribution in [0.1, 0.15) is 10.5 Å². The van der Waals surface area contributed by atoms with Gasteiger partial charge in [0, 0.05) is 0 Å². The lowest BCUT2D eigenvalue weighted by Crippen LogP contribution is -2.29. The minimum absolute atomic E-state index is 0.607. The summed E-state index contributed by atoms with van der Waals surface area (Å²) in [4.78, 5) is 22.0. The van der Waals surface area contributed by atoms with Crippen LogP contribution in [0, 0.1) is 0 Å².